The number of carbonyl (C=O) groups excluding carboxylic acids is 2. The predicted molar refractivity (Wildman–Crippen MR) is 133 cm³/mol. The van der Waals surface area contributed by atoms with Gasteiger partial charge in [0.1, 0.15) is 18.5 Å². The molecule has 3 unspecified atom stereocenters. The van der Waals surface area contributed by atoms with Crippen LogP contribution in [0.4, 0.5) is 0 Å². The summed E-state index contributed by atoms with van der Waals surface area (Å²) in [6, 6.07) is 0. The monoisotopic (exact) mass is 504 g/mol. The van der Waals surface area contributed by atoms with Gasteiger partial charge in [-0.1, -0.05) is 13.0 Å². The van der Waals surface area contributed by atoms with Crippen LogP contribution < -0.4 is 0 Å². The lowest BCUT2D eigenvalue weighted by molar-refractivity contribution is -0.310. The molecular weight excluding hydrogens is 460 g/mol. The lowest BCUT2D eigenvalue weighted by Crippen LogP contribution is -2.60. The van der Waals surface area contributed by atoms with Crippen molar-refractivity contribution in [3.63, 3.8) is 0 Å². The molecule has 4 saturated carbocycles. The molecule has 0 radical (unpaired) electrons. The largest absolute Gasteiger partial charge is 0.457 e. The normalized spacial score (nSPS) is 52.4. The van der Waals surface area contributed by atoms with Crippen molar-refractivity contribution < 1.29 is 34.0 Å². The summed E-state index contributed by atoms with van der Waals surface area (Å²) in [7, 11) is 0. The molecule has 7 heteroatoms. The van der Waals surface area contributed by atoms with E-state index >= 15 is 0 Å². The third kappa shape index (κ3) is 4.09. The highest BCUT2D eigenvalue weighted by molar-refractivity contribution is 5.66. The molecule has 0 spiro atoms. The number of fused-ring (bicyclic) bond motifs is 5. The van der Waals surface area contributed by atoms with Gasteiger partial charge in [0.2, 0.25) is 0 Å². The summed E-state index contributed by atoms with van der Waals surface area (Å²) in [5, 5.41) is 21.2. The average molecular weight is 505 g/mol. The van der Waals surface area contributed by atoms with Crippen LogP contribution >= 0.6 is 0 Å². The Balaban J connectivity index is 1.26. The fourth-order valence-electron chi connectivity index (χ4n) is 9.35. The van der Waals surface area contributed by atoms with Crippen molar-refractivity contribution in [3.05, 3.63) is 12.7 Å². The van der Waals surface area contributed by atoms with Gasteiger partial charge >= 0.3 is 5.97 Å². The van der Waals surface area contributed by atoms with Crippen molar-refractivity contribution in [1.82, 2.24) is 0 Å². The van der Waals surface area contributed by atoms with Gasteiger partial charge in [-0.3, -0.25) is 4.79 Å². The van der Waals surface area contributed by atoms with Gasteiger partial charge in [0.15, 0.2) is 12.4 Å². The van der Waals surface area contributed by atoms with Crippen molar-refractivity contribution in [2.45, 2.75) is 115 Å². The van der Waals surface area contributed by atoms with Crippen LogP contribution in [0.1, 0.15) is 78.6 Å². The Labute approximate surface area is 214 Å². The van der Waals surface area contributed by atoms with Crippen molar-refractivity contribution in [3.8, 4) is 0 Å². The van der Waals surface area contributed by atoms with Crippen molar-refractivity contribution in [2.75, 3.05) is 0 Å². The predicted octanol–water partition coefficient (Wildman–Crippen LogP) is 3.79. The number of ether oxygens (including phenoxy) is 3. The number of rotatable bonds is 5. The molecule has 1 saturated heterocycles. The molecule has 202 valence electrons. The van der Waals surface area contributed by atoms with E-state index in [2.05, 4.69) is 19.6 Å². The Kier molecular flexibility index (Phi) is 7.16. The smallest absolute Gasteiger partial charge is 0.303 e. The lowest BCUT2D eigenvalue weighted by Gasteiger charge is -2.60. The number of carbonyl (C=O) groups is 2. The van der Waals surface area contributed by atoms with Crippen LogP contribution in [0.15, 0.2) is 12.7 Å². The zero-order valence-corrected chi connectivity index (χ0v) is 22.0. The number of aliphatic hydroxyl groups excluding tert-OH is 2. The summed E-state index contributed by atoms with van der Waals surface area (Å²) in [5.74, 6) is 2.08. The summed E-state index contributed by atoms with van der Waals surface area (Å²) in [6.45, 7) is 9.57. The van der Waals surface area contributed by atoms with Crippen molar-refractivity contribution >= 4 is 12.3 Å². The molecule has 7 nitrogen and oxygen atoms in total. The highest BCUT2D eigenvalue weighted by Gasteiger charge is 2.61. The van der Waals surface area contributed by atoms with Crippen molar-refractivity contribution in [1.29, 1.82) is 0 Å². The zero-order valence-electron chi connectivity index (χ0n) is 22.0. The van der Waals surface area contributed by atoms with Gasteiger partial charge in [-0.05, 0) is 99.7 Å². The van der Waals surface area contributed by atoms with E-state index in [1.807, 2.05) is 0 Å². The molecule has 0 bridgehead atoms. The molecule has 0 aromatic heterocycles. The maximum Gasteiger partial charge on any atom is 0.303 e. The fraction of sp³-hybridized carbons (Fsp3) is 0.862. The molecule has 5 aliphatic rings. The van der Waals surface area contributed by atoms with E-state index in [1.165, 1.54) is 38.9 Å². The summed E-state index contributed by atoms with van der Waals surface area (Å²) >= 11 is 0. The van der Waals surface area contributed by atoms with Gasteiger partial charge in [0.25, 0.3) is 0 Å². The maximum atomic E-state index is 12.8. The minimum Gasteiger partial charge on any atom is -0.457 e. The number of hydrogen-bond donors (Lipinski definition) is 2. The fourth-order valence-corrected chi connectivity index (χ4v) is 9.35. The number of aliphatic hydroxyl groups is 2. The zero-order chi connectivity index (χ0) is 25.8. The van der Waals surface area contributed by atoms with Gasteiger partial charge in [-0.2, -0.15) is 0 Å². The second-order valence-electron chi connectivity index (χ2n) is 12.6. The number of hydrogen-bond acceptors (Lipinski definition) is 7. The average Bonchev–Trinajstić information content (AvgIpc) is 3.21. The maximum absolute atomic E-state index is 12.8. The first-order valence-electron chi connectivity index (χ1n) is 14.1. The summed E-state index contributed by atoms with van der Waals surface area (Å²) < 4.78 is 17.2. The SMILES string of the molecule is C=C[C@H]1CC[C@H]2[C@@H]3CC[C@H]4C[C@@H](O[C@@H]5OC(C)[C@@H](OC(C)=O)C(O)C5O)CC[C@]4(C=O)[C@H]3CC[C@]12C. The van der Waals surface area contributed by atoms with Gasteiger partial charge in [-0.15, -0.1) is 6.58 Å². The topological polar surface area (TPSA) is 102 Å². The minimum absolute atomic E-state index is 0.144. The molecule has 0 amide bonds. The highest BCUT2D eigenvalue weighted by Crippen LogP contribution is 2.67. The Morgan fingerprint density at radius 1 is 1.06 bits per heavy atom. The van der Waals surface area contributed by atoms with E-state index in [-0.39, 0.29) is 17.4 Å². The number of esters is 1. The van der Waals surface area contributed by atoms with Crippen LogP contribution in [-0.4, -0.2) is 59.3 Å². The van der Waals surface area contributed by atoms with Crippen LogP contribution in [0.3, 0.4) is 0 Å². The summed E-state index contributed by atoms with van der Waals surface area (Å²) in [5.41, 5.74) is 0.0474. The number of allylic oxidation sites excluding steroid dienone is 1. The quantitative estimate of drug-likeness (QED) is 0.254. The first-order valence-corrected chi connectivity index (χ1v) is 14.1. The highest BCUT2D eigenvalue weighted by atomic mass is 16.7. The molecule has 13 atom stereocenters. The minimum atomic E-state index is -1.31. The molecule has 1 heterocycles. The molecule has 5 fully saturated rings. The Hall–Kier alpha value is -1.28. The third-order valence-electron chi connectivity index (χ3n) is 11.2. The Morgan fingerprint density at radius 3 is 2.53 bits per heavy atom. The molecule has 1 aliphatic heterocycles. The standard InChI is InChI=1S/C29H44O7/c1-5-18-7-9-22-21-8-6-19-14-20(10-13-29(19,15-30)23(21)11-12-28(18,22)4)36-27-25(33)24(32)26(16(2)34-27)35-17(3)31/h5,15-16,18-27,32-33H,1,6-14H2,2-4H3/t16?,18-,19-,20-,21-,22-,23-,24?,25?,26+,27-,28+,29+/m0/s1. The summed E-state index contributed by atoms with van der Waals surface area (Å²) in [4.78, 5) is 24.2. The van der Waals surface area contributed by atoms with Crippen LogP contribution in [0.25, 0.3) is 0 Å². The first-order chi connectivity index (χ1) is 17.1. The molecule has 0 aromatic carbocycles. The second kappa shape index (κ2) is 9.79. The lowest BCUT2D eigenvalue weighted by atomic mass is 9.44. The Bertz CT molecular complexity index is 861. The third-order valence-corrected chi connectivity index (χ3v) is 11.2. The number of aldehydes is 1. The van der Waals surface area contributed by atoms with Gasteiger partial charge in [0.05, 0.1) is 12.2 Å². The van der Waals surface area contributed by atoms with Gasteiger partial charge < -0.3 is 29.2 Å². The molecule has 2 N–H and O–H groups in total. The molecule has 4 aliphatic carbocycles. The van der Waals surface area contributed by atoms with E-state index in [0.717, 1.165) is 32.1 Å². The van der Waals surface area contributed by atoms with Crippen LogP contribution in [-0.2, 0) is 23.8 Å². The van der Waals surface area contributed by atoms with E-state index in [0.29, 0.717) is 29.1 Å². The van der Waals surface area contributed by atoms with E-state index in [4.69, 9.17) is 14.2 Å². The van der Waals surface area contributed by atoms with Crippen LogP contribution in [0, 0.1) is 40.4 Å². The van der Waals surface area contributed by atoms with Gasteiger partial charge in [0, 0.05) is 12.3 Å². The molecule has 36 heavy (non-hydrogen) atoms. The Morgan fingerprint density at radius 2 is 1.83 bits per heavy atom. The van der Waals surface area contributed by atoms with E-state index in [1.54, 1.807) is 6.92 Å². The van der Waals surface area contributed by atoms with Crippen LogP contribution in [0.5, 0.6) is 0 Å². The first kappa shape index (κ1) is 26.3. The van der Waals surface area contributed by atoms with E-state index in [9.17, 15) is 19.8 Å². The summed E-state index contributed by atoms with van der Waals surface area (Å²) in [6.07, 6.45) is 7.51. The molecule has 0 aromatic rings. The van der Waals surface area contributed by atoms with Gasteiger partial charge in [-0.25, -0.2) is 0 Å². The molecule has 5 rings (SSSR count). The van der Waals surface area contributed by atoms with Crippen molar-refractivity contribution in [2.24, 2.45) is 40.4 Å². The van der Waals surface area contributed by atoms with E-state index < -0.39 is 36.7 Å². The molecular formula is C29H44O7. The van der Waals surface area contributed by atoms with Crippen LogP contribution in [0.2, 0.25) is 0 Å². The second-order valence-corrected chi connectivity index (χ2v) is 12.6.